The molecule has 0 unspecified atom stereocenters. The predicted octanol–water partition coefficient (Wildman–Crippen LogP) is 3.06. The summed E-state index contributed by atoms with van der Waals surface area (Å²) in [5.74, 6) is -0.237. The van der Waals surface area contributed by atoms with Crippen molar-refractivity contribution in [3.05, 3.63) is 64.7 Å². The Labute approximate surface area is 135 Å². The van der Waals surface area contributed by atoms with Crippen molar-refractivity contribution >= 4 is 17.5 Å². The van der Waals surface area contributed by atoms with E-state index in [4.69, 9.17) is 0 Å². The molecule has 0 saturated carbocycles. The van der Waals surface area contributed by atoms with Gasteiger partial charge in [-0.25, -0.2) is 0 Å². The lowest BCUT2D eigenvalue weighted by Gasteiger charge is -2.08. The zero-order valence-electron chi connectivity index (χ0n) is 13.2. The Bertz CT molecular complexity index is 736. The van der Waals surface area contributed by atoms with Gasteiger partial charge in [0.2, 0.25) is 5.91 Å². The molecule has 2 N–H and O–H groups in total. The van der Waals surface area contributed by atoms with Gasteiger partial charge in [-0.1, -0.05) is 18.2 Å². The second-order valence-corrected chi connectivity index (χ2v) is 5.90. The van der Waals surface area contributed by atoms with Gasteiger partial charge in [0.25, 0.3) is 5.91 Å². The first-order valence-electron chi connectivity index (χ1n) is 7.88. The highest BCUT2D eigenvalue weighted by atomic mass is 16.2. The molecular weight excluding hydrogens is 288 g/mol. The van der Waals surface area contributed by atoms with E-state index < -0.39 is 0 Å². The van der Waals surface area contributed by atoms with Crippen LogP contribution in [0.4, 0.5) is 5.69 Å². The maximum absolute atomic E-state index is 12.2. The molecule has 2 aromatic rings. The molecule has 0 spiro atoms. The molecule has 1 aliphatic rings. The Morgan fingerprint density at radius 1 is 1.00 bits per heavy atom. The van der Waals surface area contributed by atoms with Crippen molar-refractivity contribution in [2.75, 3.05) is 5.32 Å². The van der Waals surface area contributed by atoms with Gasteiger partial charge in [-0.2, -0.15) is 0 Å². The highest BCUT2D eigenvalue weighted by Crippen LogP contribution is 2.22. The molecule has 0 bridgehead atoms. The van der Waals surface area contributed by atoms with E-state index in [1.165, 1.54) is 30.9 Å². The topological polar surface area (TPSA) is 58.2 Å². The van der Waals surface area contributed by atoms with Crippen LogP contribution in [0.1, 0.15) is 40.4 Å². The lowest BCUT2D eigenvalue weighted by Crippen LogP contribution is -2.22. The molecule has 118 valence electrons. The smallest absolute Gasteiger partial charge is 0.251 e. The summed E-state index contributed by atoms with van der Waals surface area (Å²) in [6, 6.07) is 13.3. The van der Waals surface area contributed by atoms with Crippen LogP contribution in [0.5, 0.6) is 0 Å². The van der Waals surface area contributed by atoms with Gasteiger partial charge in [-0.3, -0.25) is 9.59 Å². The number of hydrogen-bond acceptors (Lipinski definition) is 2. The number of carbonyl (C=O) groups excluding carboxylic acids is 2. The summed E-state index contributed by atoms with van der Waals surface area (Å²) in [5.41, 5.74) is 5.26. The van der Waals surface area contributed by atoms with Crippen molar-refractivity contribution < 1.29 is 9.59 Å². The molecule has 4 nitrogen and oxygen atoms in total. The minimum absolute atomic E-state index is 0.111. The van der Waals surface area contributed by atoms with Crippen LogP contribution in [0.2, 0.25) is 0 Å². The number of carbonyl (C=O) groups is 2. The van der Waals surface area contributed by atoms with Crippen LogP contribution in [0.3, 0.4) is 0 Å². The monoisotopic (exact) mass is 308 g/mol. The largest absolute Gasteiger partial charge is 0.348 e. The van der Waals surface area contributed by atoms with Crippen LogP contribution < -0.4 is 10.6 Å². The number of hydrogen-bond donors (Lipinski definition) is 2. The van der Waals surface area contributed by atoms with Gasteiger partial charge >= 0.3 is 0 Å². The molecule has 2 aromatic carbocycles. The van der Waals surface area contributed by atoms with Crippen molar-refractivity contribution in [1.29, 1.82) is 0 Å². The standard InChI is InChI=1S/C19H20N2O2/c1-13(22)21-18-9-7-16(8-10-18)19(23)20-12-14-5-6-15-3-2-4-17(15)11-14/h5-11H,2-4,12H2,1H3,(H,20,23)(H,21,22). The summed E-state index contributed by atoms with van der Waals surface area (Å²) >= 11 is 0. The van der Waals surface area contributed by atoms with E-state index in [-0.39, 0.29) is 11.8 Å². The first-order chi connectivity index (χ1) is 11.1. The fraction of sp³-hybridized carbons (Fsp3) is 0.263. The quantitative estimate of drug-likeness (QED) is 0.912. The lowest BCUT2D eigenvalue weighted by atomic mass is 10.1. The minimum atomic E-state index is -0.126. The molecule has 2 amide bonds. The average molecular weight is 308 g/mol. The van der Waals surface area contributed by atoms with Crippen molar-refractivity contribution in [1.82, 2.24) is 5.32 Å². The highest BCUT2D eigenvalue weighted by molar-refractivity contribution is 5.95. The number of fused-ring (bicyclic) bond motifs is 1. The molecule has 23 heavy (non-hydrogen) atoms. The van der Waals surface area contributed by atoms with Gasteiger partial charge in [0.15, 0.2) is 0 Å². The third-order valence-corrected chi connectivity index (χ3v) is 4.08. The average Bonchev–Trinajstić information content (AvgIpc) is 3.00. The van der Waals surface area contributed by atoms with Gasteiger partial charge in [-0.05, 0) is 60.2 Å². The van der Waals surface area contributed by atoms with Gasteiger partial charge in [0, 0.05) is 24.7 Å². The predicted molar refractivity (Wildman–Crippen MR) is 90.4 cm³/mol. The second-order valence-electron chi connectivity index (χ2n) is 5.90. The molecule has 0 aromatic heterocycles. The van der Waals surface area contributed by atoms with Crippen molar-refractivity contribution in [2.45, 2.75) is 32.7 Å². The van der Waals surface area contributed by atoms with Crippen molar-refractivity contribution in [3.8, 4) is 0 Å². The van der Waals surface area contributed by atoms with Crippen LogP contribution in [-0.4, -0.2) is 11.8 Å². The van der Waals surface area contributed by atoms with Crippen LogP contribution in [0.25, 0.3) is 0 Å². The van der Waals surface area contributed by atoms with Gasteiger partial charge in [0.05, 0.1) is 0 Å². The maximum atomic E-state index is 12.2. The third-order valence-electron chi connectivity index (χ3n) is 4.08. The first-order valence-corrected chi connectivity index (χ1v) is 7.88. The van der Waals surface area contributed by atoms with Crippen LogP contribution in [-0.2, 0) is 24.2 Å². The number of benzene rings is 2. The van der Waals surface area contributed by atoms with E-state index in [0.29, 0.717) is 17.8 Å². The Kier molecular flexibility index (Phi) is 4.42. The minimum Gasteiger partial charge on any atom is -0.348 e. The Hall–Kier alpha value is -2.62. The van der Waals surface area contributed by atoms with E-state index in [2.05, 4.69) is 28.8 Å². The second kappa shape index (κ2) is 6.65. The summed E-state index contributed by atoms with van der Waals surface area (Å²) in [5, 5.41) is 5.62. The fourth-order valence-electron chi connectivity index (χ4n) is 2.93. The Morgan fingerprint density at radius 3 is 2.48 bits per heavy atom. The summed E-state index contributed by atoms with van der Waals surface area (Å²) in [6.45, 7) is 1.98. The summed E-state index contributed by atoms with van der Waals surface area (Å²) in [7, 11) is 0. The summed E-state index contributed by atoms with van der Waals surface area (Å²) in [6.07, 6.45) is 3.54. The molecule has 4 heteroatoms. The maximum Gasteiger partial charge on any atom is 0.251 e. The Morgan fingerprint density at radius 2 is 1.74 bits per heavy atom. The van der Waals surface area contributed by atoms with Crippen LogP contribution in [0.15, 0.2) is 42.5 Å². The number of nitrogens with one attached hydrogen (secondary N) is 2. The molecule has 0 saturated heterocycles. The molecule has 0 fully saturated rings. The van der Waals surface area contributed by atoms with Gasteiger partial charge in [0.1, 0.15) is 0 Å². The summed E-state index contributed by atoms with van der Waals surface area (Å²) in [4.78, 5) is 23.2. The number of anilines is 1. The molecular formula is C19H20N2O2. The van der Waals surface area contributed by atoms with E-state index >= 15 is 0 Å². The number of aryl methyl sites for hydroxylation is 2. The summed E-state index contributed by atoms with van der Waals surface area (Å²) < 4.78 is 0. The zero-order valence-corrected chi connectivity index (χ0v) is 13.2. The van der Waals surface area contributed by atoms with Crippen molar-refractivity contribution in [3.63, 3.8) is 0 Å². The third kappa shape index (κ3) is 3.77. The SMILES string of the molecule is CC(=O)Nc1ccc(C(=O)NCc2ccc3c(c2)CCC3)cc1. The van der Waals surface area contributed by atoms with E-state index in [1.807, 2.05) is 0 Å². The highest BCUT2D eigenvalue weighted by Gasteiger charge is 2.11. The molecule has 0 heterocycles. The van der Waals surface area contributed by atoms with Crippen LogP contribution >= 0.6 is 0 Å². The van der Waals surface area contributed by atoms with E-state index in [1.54, 1.807) is 24.3 Å². The van der Waals surface area contributed by atoms with Crippen LogP contribution in [0, 0.1) is 0 Å². The zero-order chi connectivity index (χ0) is 16.2. The first kappa shape index (κ1) is 15.3. The molecule has 0 radical (unpaired) electrons. The van der Waals surface area contributed by atoms with Gasteiger partial charge in [-0.15, -0.1) is 0 Å². The van der Waals surface area contributed by atoms with E-state index in [0.717, 1.165) is 12.0 Å². The lowest BCUT2D eigenvalue weighted by molar-refractivity contribution is -0.114. The van der Waals surface area contributed by atoms with Crippen molar-refractivity contribution in [2.24, 2.45) is 0 Å². The van der Waals surface area contributed by atoms with E-state index in [9.17, 15) is 9.59 Å². The molecule has 0 atom stereocenters. The fourth-order valence-corrected chi connectivity index (χ4v) is 2.93. The number of amides is 2. The molecule has 3 rings (SSSR count). The Balaban J connectivity index is 1.59. The molecule has 1 aliphatic carbocycles. The normalized spacial score (nSPS) is 12.6. The van der Waals surface area contributed by atoms with Gasteiger partial charge < -0.3 is 10.6 Å². The molecule has 0 aliphatic heterocycles. The number of rotatable bonds is 4.